The second kappa shape index (κ2) is 8.05. The molecule has 0 saturated carbocycles. The van der Waals surface area contributed by atoms with Crippen molar-refractivity contribution in [2.24, 2.45) is 0 Å². The van der Waals surface area contributed by atoms with Gasteiger partial charge in [-0.3, -0.25) is 4.79 Å². The monoisotopic (exact) mass is 343 g/mol. The van der Waals surface area contributed by atoms with E-state index in [1.165, 1.54) is 12.0 Å². The third-order valence-corrected chi connectivity index (χ3v) is 5.14. The molecule has 1 aliphatic rings. The van der Waals surface area contributed by atoms with Crippen molar-refractivity contribution in [2.45, 2.75) is 58.5 Å². The molecule has 0 bridgehead atoms. The van der Waals surface area contributed by atoms with Crippen LogP contribution in [0, 0.1) is 6.92 Å². The number of aryl methyl sites for hydroxylation is 2. The molecule has 2 aromatic rings. The summed E-state index contributed by atoms with van der Waals surface area (Å²) in [4.78, 5) is 14.6. The Morgan fingerprint density at radius 2 is 2.16 bits per heavy atom. The summed E-state index contributed by atoms with van der Waals surface area (Å²) in [5.74, 6) is 0.428. The molecule has 0 N–H and O–H groups in total. The molecule has 1 atom stereocenters. The number of carbonyl (C=O) groups excluding carboxylic acids is 1. The molecule has 1 unspecified atom stereocenters. The van der Waals surface area contributed by atoms with Gasteiger partial charge in [0.2, 0.25) is 0 Å². The lowest BCUT2D eigenvalue weighted by atomic mass is 10.0. The topological polar surface area (TPSA) is 42.7 Å². The van der Waals surface area contributed by atoms with E-state index in [0.29, 0.717) is 12.3 Å². The van der Waals surface area contributed by atoms with Gasteiger partial charge in [0.1, 0.15) is 5.58 Å². The van der Waals surface area contributed by atoms with Crippen LogP contribution in [0.4, 0.5) is 0 Å². The van der Waals surface area contributed by atoms with Crippen molar-refractivity contribution >= 4 is 16.9 Å². The molecule has 1 aromatic carbocycles. The molecule has 0 radical (unpaired) electrons. The van der Waals surface area contributed by atoms with Gasteiger partial charge in [-0.05, 0) is 56.7 Å². The van der Waals surface area contributed by atoms with Crippen LogP contribution in [0.25, 0.3) is 11.0 Å². The van der Waals surface area contributed by atoms with Crippen molar-refractivity contribution in [3.05, 3.63) is 35.1 Å². The molecule has 1 aromatic heterocycles. The van der Waals surface area contributed by atoms with Crippen LogP contribution in [0.1, 0.15) is 60.7 Å². The Balaban J connectivity index is 1.71. The van der Waals surface area contributed by atoms with E-state index in [2.05, 4.69) is 19.1 Å². The highest BCUT2D eigenvalue weighted by molar-refractivity contribution is 5.98. The van der Waals surface area contributed by atoms with Crippen LogP contribution in [-0.2, 0) is 11.2 Å². The summed E-state index contributed by atoms with van der Waals surface area (Å²) in [7, 11) is 1.85. The maximum absolute atomic E-state index is 12.8. The van der Waals surface area contributed by atoms with E-state index in [9.17, 15) is 4.79 Å². The van der Waals surface area contributed by atoms with Crippen LogP contribution in [0.2, 0.25) is 0 Å². The first-order valence-electron chi connectivity index (χ1n) is 9.49. The van der Waals surface area contributed by atoms with Gasteiger partial charge in [0.25, 0.3) is 5.91 Å². The van der Waals surface area contributed by atoms with E-state index < -0.39 is 0 Å². The van der Waals surface area contributed by atoms with Crippen molar-refractivity contribution in [1.82, 2.24) is 4.90 Å². The van der Waals surface area contributed by atoms with E-state index in [1.54, 1.807) is 4.90 Å². The Hall–Kier alpha value is -1.81. The number of hydrogen-bond donors (Lipinski definition) is 0. The zero-order valence-corrected chi connectivity index (χ0v) is 15.6. The quantitative estimate of drug-likeness (QED) is 0.762. The minimum absolute atomic E-state index is 0.0402. The van der Waals surface area contributed by atoms with E-state index in [1.807, 2.05) is 20.0 Å². The number of amides is 1. The van der Waals surface area contributed by atoms with Crippen LogP contribution in [0.3, 0.4) is 0 Å². The number of rotatable bonds is 6. The number of fused-ring (bicyclic) bond motifs is 1. The molecule has 136 valence electrons. The van der Waals surface area contributed by atoms with E-state index in [0.717, 1.165) is 55.2 Å². The summed E-state index contributed by atoms with van der Waals surface area (Å²) in [6, 6.07) is 6.23. The molecule has 2 heterocycles. The van der Waals surface area contributed by atoms with Gasteiger partial charge in [0, 0.05) is 31.1 Å². The van der Waals surface area contributed by atoms with E-state index in [4.69, 9.17) is 9.15 Å². The Labute approximate surface area is 150 Å². The lowest BCUT2D eigenvalue weighted by molar-refractivity contribution is 0.00691. The van der Waals surface area contributed by atoms with Crippen LogP contribution in [0.5, 0.6) is 0 Å². The number of hydrogen-bond acceptors (Lipinski definition) is 3. The second-order valence-electron chi connectivity index (χ2n) is 7.14. The lowest BCUT2D eigenvalue weighted by Crippen LogP contribution is -2.31. The summed E-state index contributed by atoms with van der Waals surface area (Å²) in [5.41, 5.74) is 3.03. The van der Waals surface area contributed by atoms with Gasteiger partial charge in [-0.2, -0.15) is 0 Å². The van der Waals surface area contributed by atoms with E-state index in [-0.39, 0.29) is 12.0 Å². The standard InChI is InChI=1S/C21H29NO3/c1-4-7-16-9-10-19-18(14-16)15(2)20(25-19)21(23)22(3)12-11-17-8-5-6-13-24-17/h9-10,14,17H,4-8,11-13H2,1-3H3. The minimum atomic E-state index is -0.0402. The van der Waals surface area contributed by atoms with Gasteiger partial charge in [0.05, 0.1) is 6.10 Å². The summed E-state index contributed by atoms with van der Waals surface area (Å²) >= 11 is 0. The van der Waals surface area contributed by atoms with Crippen molar-refractivity contribution in [1.29, 1.82) is 0 Å². The molecule has 1 amide bonds. The number of carbonyl (C=O) groups is 1. The van der Waals surface area contributed by atoms with Gasteiger partial charge in [-0.15, -0.1) is 0 Å². The molecule has 0 aliphatic carbocycles. The predicted octanol–water partition coefficient (Wildman–Crippen LogP) is 4.72. The zero-order chi connectivity index (χ0) is 17.8. The van der Waals surface area contributed by atoms with Crippen LogP contribution in [-0.4, -0.2) is 37.1 Å². The first-order valence-corrected chi connectivity index (χ1v) is 9.49. The van der Waals surface area contributed by atoms with Crippen LogP contribution in [0.15, 0.2) is 22.6 Å². The van der Waals surface area contributed by atoms with Crippen LogP contribution >= 0.6 is 0 Å². The molecule has 4 nitrogen and oxygen atoms in total. The van der Waals surface area contributed by atoms with Gasteiger partial charge in [0.15, 0.2) is 5.76 Å². The lowest BCUT2D eigenvalue weighted by Gasteiger charge is -2.25. The predicted molar refractivity (Wildman–Crippen MR) is 100 cm³/mol. The van der Waals surface area contributed by atoms with Crippen molar-refractivity contribution in [3.63, 3.8) is 0 Å². The maximum Gasteiger partial charge on any atom is 0.289 e. The summed E-state index contributed by atoms with van der Waals surface area (Å²) in [6.07, 6.45) is 6.82. The second-order valence-corrected chi connectivity index (χ2v) is 7.14. The third-order valence-electron chi connectivity index (χ3n) is 5.14. The Morgan fingerprint density at radius 3 is 2.88 bits per heavy atom. The fraction of sp³-hybridized carbons (Fsp3) is 0.571. The zero-order valence-electron chi connectivity index (χ0n) is 15.6. The number of benzene rings is 1. The Kier molecular flexibility index (Phi) is 5.79. The number of furan rings is 1. The summed E-state index contributed by atoms with van der Waals surface area (Å²) in [6.45, 7) is 5.70. The summed E-state index contributed by atoms with van der Waals surface area (Å²) < 4.78 is 11.6. The normalized spacial score (nSPS) is 17.8. The SMILES string of the molecule is CCCc1ccc2oc(C(=O)N(C)CCC3CCCCO3)c(C)c2c1. The van der Waals surface area contributed by atoms with Gasteiger partial charge in [-0.25, -0.2) is 0 Å². The molecule has 25 heavy (non-hydrogen) atoms. The highest BCUT2D eigenvalue weighted by Crippen LogP contribution is 2.27. The largest absolute Gasteiger partial charge is 0.451 e. The molecular weight excluding hydrogens is 314 g/mol. The molecule has 4 heteroatoms. The molecular formula is C21H29NO3. The molecule has 1 fully saturated rings. The third kappa shape index (κ3) is 4.06. The minimum Gasteiger partial charge on any atom is -0.451 e. The van der Waals surface area contributed by atoms with E-state index >= 15 is 0 Å². The van der Waals surface area contributed by atoms with Gasteiger partial charge < -0.3 is 14.1 Å². The van der Waals surface area contributed by atoms with Crippen molar-refractivity contribution in [3.8, 4) is 0 Å². The highest BCUT2D eigenvalue weighted by atomic mass is 16.5. The average Bonchev–Trinajstić information content (AvgIpc) is 2.96. The number of nitrogens with zero attached hydrogens (tertiary/aromatic N) is 1. The Bertz CT molecular complexity index is 728. The number of ether oxygens (including phenoxy) is 1. The smallest absolute Gasteiger partial charge is 0.289 e. The first kappa shape index (κ1) is 18.0. The molecule has 3 rings (SSSR count). The van der Waals surface area contributed by atoms with Gasteiger partial charge >= 0.3 is 0 Å². The fourth-order valence-corrected chi connectivity index (χ4v) is 3.56. The summed E-state index contributed by atoms with van der Waals surface area (Å²) in [5, 5.41) is 1.05. The Morgan fingerprint density at radius 1 is 1.32 bits per heavy atom. The molecule has 1 saturated heterocycles. The molecule has 0 spiro atoms. The average molecular weight is 343 g/mol. The fourth-order valence-electron chi connectivity index (χ4n) is 3.56. The van der Waals surface area contributed by atoms with Crippen molar-refractivity contribution < 1.29 is 13.9 Å². The highest BCUT2D eigenvalue weighted by Gasteiger charge is 2.22. The van der Waals surface area contributed by atoms with Crippen molar-refractivity contribution in [2.75, 3.05) is 20.2 Å². The maximum atomic E-state index is 12.8. The molecule has 1 aliphatic heterocycles. The van der Waals surface area contributed by atoms with Crippen LogP contribution < -0.4 is 0 Å². The first-order chi connectivity index (χ1) is 12.1. The van der Waals surface area contributed by atoms with Gasteiger partial charge in [-0.1, -0.05) is 19.4 Å².